The molecule has 1 aromatic heterocycles. The van der Waals surface area contributed by atoms with Gasteiger partial charge in [-0.05, 0) is 13.0 Å². The maximum Gasteiger partial charge on any atom is 0.183 e. The molecule has 5 heteroatoms. The Hall–Kier alpha value is -0.160. The smallest absolute Gasteiger partial charge is 0.183 e. The van der Waals surface area contributed by atoms with Gasteiger partial charge in [0.05, 0.1) is 0 Å². The molecule has 0 spiro atoms. The van der Waals surface area contributed by atoms with E-state index in [0.717, 1.165) is 26.1 Å². The predicted octanol–water partition coefficient (Wildman–Crippen LogP) is 1.92. The van der Waals surface area contributed by atoms with Crippen LogP contribution in [0, 0.1) is 0 Å². The summed E-state index contributed by atoms with van der Waals surface area (Å²) in [4.78, 5) is 5.12. The minimum atomic E-state index is 0.605. The van der Waals surface area contributed by atoms with Crippen LogP contribution in [0.2, 0.25) is 4.47 Å². The number of aromatic nitrogens is 1. The summed E-state index contributed by atoms with van der Waals surface area (Å²) in [7, 11) is 1.71. The lowest BCUT2D eigenvalue weighted by molar-refractivity contribution is 0.194. The summed E-state index contributed by atoms with van der Waals surface area (Å²) >= 11 is 7.19. The lowest BCUT2D eigenvalue weighted by atomic mass is 10.4. The first kappa shape index (κ1) is 10.9. The molecule has 0 saturated heterocycles. The van der Waals surface area contributed by atoms with Gasteiger partial charge < -0.3 is 10.1 Å². The van der Waals surface area contributed by atoms with Crippen LogP contribution in [0.3, 0.4) is 0 Å². The minimum absolute atomic E-state index is 0.605. The van der Waals surface area contributed by atoms with Crippen molar-refractivity contribution in [1.82, 2.24) is 10.3 Å². The van der Waals surface area contributed by atoms with Gasteiger partial charge in [-0.3, -0.25) is 0 Å². The topological polar surface area (TPSA) is 34.1 Å². The van der Waals surface area contributed by atoms with E-state index < -0.39 is 0 Å². The lowest BCUT2D eigenvalue weighted by Gasteiger charge is -2.00. The van der Waals surface area contributed by atoms with Crippen LogP contribution in [0.5, 0.6) is 0 Å². The molecule has 0 atom stereocenters. The molecule has 1 heterocycles. The van der Waals surface area contributed by atoms with Crippen LogP contribution in [0.15, 0.2) is 6.20 Å². The van der Waals surface area contributed by atoms with Crippen molar-refractivity contribution in [3.05, 3.63) is 15.5 Å². The summed E-state index contributed by atoms with van der Waals surface area (Å²) in [5.74, 6) is 0. The molecule has 0 aliphatic heterocycles. The summed E-state index contributed by atoms with van der Waals surface area (Å²) in [5.41, 5.74) is 0. The first-order valence-corrected chi connectivity index (χ1v) is 5.32. The highest BCUT2D eigenvalue weighted by atomic mass is 35.5. The van der Waals surface area contributed by atoms with Crippen molar-refractivity contribution in [2.45, 2.75) is 13.0 Å². The number of hydrogen-bond donors (Lipinski definition) is 1. The summed E-state index contributed by atoms with van der Waals surface area (Å²) in [6, 6.07) is 0. The quantitative estimate of drug-likeness (QED) is 0.744. The first-order valence-electron chi connectivity index (χ1n) is 4.13. The maximum atomic E-state index is 5.68. The Labute approximate surface area is 87.1 Å². The molecule has 0 aliphatic carbocycles. The number of hydrogen-bond acceptors (Lipinski definition) is 4. The Morgan fingerprint density at radius 3 is 3.15 bits per heavy atom. The lowest BCUT2D eigenvalue weighted by Crippen LogP contribution is -2.15. The van der Waals surface area contributed by atoms with Crippen molar-refractivity contribution in [1.29, 1.82) is 0 Å². The zero-order valence-electron chi connectivity index (χ0n) is 7.55. The van der Waals surface area contributed by atoms with Crippen molar-refractivity contribution >= 4 is 22.9 Å². The van der Waals surface area contributed by atoms with Gasteiger partial charge >= 0.3 is 0 Å². The first-order chi connectivity index (χ1) is 6.33. The maximum absolute atomic E-state index is 5.68. The Bertz CT molecular complexity index is 242. The van der Waals surface area contributed by atoms with E-state index in [2.05, 4.69) is 10.3 Å². The molecule has 0 radical (unpaired) electrons. The molecule has 13 heavy (non-hydrogen) atoms. The number of nitrogens with zero attached hydrogens (tertiary/aromatic N) is 1. The molecule has 0 aliphatic rings. The molecular weight excluding hydrogens is 208 g/mol. The van der Waals surface area contributed by atoms with Crippen LogP contribution < -0.4 is 5.32 Å². The van der Waals surface area contributed by atoms with E-state index in [1.807, 2.05) is 0 Å². The van der Waals surface area contributed by atoms with Gasteiger partial charge in [0, 0.05) is 31.3 Å². The van der Waals surface area contributed by atoms with Gasteiger partial charge in [0.15, 0.2) is 4.47 Å². The van der Waals surface area contributed by atoms with Crippen LogP contribution in [0.4, 0.5) is 0 Å². The molecule has 0 saturated carbocycles. The SMILES string of the molecule is COCCCNCc1cnc(Cl)s1. The van der Waals surface area contributed by atoms with Crippen molar-refractivity contribution < 1.29 is 4.74 Å². The summed E-state index contributed by atoms with van der Waals surface area (Å²) in [6.07, 6.45) is 2.83. The van der Waals surface area contributed by atoms with Crippen LogP contribution >= 0.6 is 22.9 Å². The minimum Gasteiger partial charge on any atom is -0.385 e. The average molecular weight is 221 g/mol. The van der Waals surface area contributed by atoms with E-state index in [0.29, 0.717) is 4.47 Å². The third-order valence-electron chi connectivity index (χ3n) is 1.53. The molecule has 0 bridgehead atoms. The van der Waals surface area contributed by atoms with Crippen LogP contribution in [0.25, 0.3) is 0 Å². The second kappa shape index (κ2) is 6.32. The highest BCUT2D eigenvalue weighted by Gasteiger charge is 1.97. The monoisotopic (exact) mass is 220 g/mol. The Balaban J connectivity index is 2.06. The Morgan fingerprint density at radius 1 is 1.69 bits per heavy atom. The third kappa shape index (κ3) is 4.57. The Morgan fingerprint density at radius 2 is 2.54 bits per heavy atom. The van der Waals surface area contributed by atoms with Crippen LogP contribution in [-0.4, -0.2) is 25.2 Å². The van der Waals surface area contributed by atoms with Crippen molar-refractivity contribution in [3.63, 3.8) is 0 Å². The van der Waals surface area contributed by atoms with E-state index in [9.17, 15) is 0 Å². The number of halogens is 1. The highest BCUT2D eigenvalue weighted by molar-refractivity contribution is 7.15. The number of nitrogens with one attached hydrogen (secondary N) is 1. The van der Waals surface area contributed by atoms with Gasteiger partial charge in [-0.15, -0.1) is 11.3 Å². The average Bonchev–Trinajstić information content (AvgIpc) is 2.51. The fraction of sp³-hybridized carbons (Fsp3) is 0.625. The fourth-order valence-corrected chi connectivity index (χ4v) is 1.87. The van der Waals surface area contributed by atoms with Crippen LogP contribution in [-0.2, 0) is 11.3 Å². The number of thiazole rings is 1. The van der Waals surface area contributed by atoms with Gasteiger partial charge in [-0.1, -0.05) is 11.6 Å². The van der Waals surface area contributed by atoms with Crippen LogP contribution in [0.1, 0.15) is 11.3 Å². The van der Waals surface area contributed by atoms with Gasteiger partial charge in [0.25, 0.3) is 0 Å². The van der Waals surface area contributed by atoms with Gasteiger partial charge in [-0.2, -0.15) is 0 Å². The normalized spacial score (nSPS) is 10.6. The predicted molar refractivity (Wildman–Crippen MR) is 55.3 cm³/mol. The van der Waals surface area contributed by atoms with Gasteiger partial charge in [0.2, 0.25) is 0 Å². The second-order valence-electron chi connectivity index (χ2n) is 2.60. The second-order valence-corrected chi connectivity index (χ2v) is 4.30. The van der Waals surface area contributed by atoms with E-state index in [1.54, 1.807) is 13.3 Å². The molecule has 1 N–H and O–H groups in total. The molecule has 1 rings (SSSR count). The zero-order chi connectivity index (χ0) is 9.52. The standard InChI is InChI=1S/C8H13ClN2OS/c1-12-4-2-3-10-5-7-6-11-8(9)13-7/h6,10H,2-5H2,1H3. The van der Waals surface area contributed by atoms with Crippen molar-refractivity contribution in [2.24, 2.45) is 0 Å². The van der Waals surface area contributed by atoms with E-state index in [1.165, 1.54) is 16.2 Å². The highest BCUT2D eigenvalue weighted by Crippen LogP contribution is 2.16. The van der Waals surface area contributed by atoms with E-state index in [4.69, 9.17) is 16.3 Å². The fourth-order valence-electron chi connectivity index (χ4n) is 0.918. The summed E-state index contributed by atoms with van der Waals surface area (Å²) in [6.45, 7) is 2.61. The zero-order valence-corrected chi connectivity index (χ0v) is 9.12. The molecule has 3 nitrogen and oxygen atoms in total. The van der Waals surface area contributed by atoms with Crippen molar-refractivity contribution in [2.75, 3.05) is 20.3 Å². The van der Waals surface area contributed by atoms with Gasteiger partial charge in [0.1, 0.15) is 0 Å². The summed E-state index contributed by atoms with van der Waals surface area (Å²) < 4.78 is 5.53. The molecule has 0 fully saturated rings. The molecule has 1 aromatic rings. The summed E-state index contributed by atoms with van der Waals surface area (Å²) in [5, 5.41) is 3.28. The molecular formula is C8H13ClN2OS. The number of rotatable bonds is 6. The molecule has 0 amide bonds. The van der Waals surface area contributed by atoms with Gasteiger partial charge in [-0.25, -0.2) is 4.98 Å². The van der Waals surface area contributed by atoms with Crippen molar-refractivity contribution in [3.8, 4) is 0 Å². The third-order valence-corrected chi connectivity index (χ3v) is 2.64. The number of methoxy groups -OCH3 is 1. The van der Waals surface area contributed by atoms with E-state index >= 15 is 0 Å². The molecule has 0 unspecified atom stereocenters. The molecule has 74 valence electrons. The Kier molecular flexibility index (Phi) is 5.31. The largest absolute Gasteiger partial charge is 0.385 e. The van der Waals surface area contributed by atoms with E-state index in [-0.39, 0.29) is 0 Å². The molecule has 0 aromatic carbocycles. The number of ether oxygens (including phenoxy) is 1.